The van der Waals surface area contributed by atoms with Gasteiger partial charge in [0.05, 0.1) is 11.5 Å². The van der Waals surface area contributed by atoms with Crippen LogP contribution in [0.2, 0.25) is 0 Å². The summed E-state index contributed by atoms with van der Waals surface area (Å²) in [5, 5.41) is 12.8. The topological polar surface area (TPSA) is 57.6 Å². The van der Waals surface area contributed by atoms with E-state index in [4.69, 9.17) is 5.11 Å². The molecule has 5 heteroatoms. The van der Waals surface area contributed by atoms with Gasteiger partial charge in [0.15, 0.2) is 0 Å². The van der Waals surface area contributed by atoms with E-state index in [2.05, 4.69) is 0 Å². The maximum Gasteiger partial charge on any atom is 0.308 e. The molecule has 1 N–H and O–H groups in total. The molecule has 1 amide bonds. The number of piperidine rings is 1. The second-order valence-corrected chi connectivity index (χ2v) is 5.12. The minimum Gasteiger partial charge on any atom is -0.481 e. The van der Waals surface area contributed by atoms with Crippen molar-refractivity contribution in [1.82, 2.24) is 4.90 Å². The van der Waals surface area contributed by atoms with Gasteiger partial charge in [0.2, 0.25) is 0 Å². The average molecular weight is 253 g/mol. The van der Waals surface area contributed by atoms with E-state index in [1.54, 1.807) is 16.3 Å². The molecular formula is C12H15NO3S. The lowest BCUT2D eigenvalue weighted by molar-refractivity contribution is -0.144. The van der Waals surface area contributed by atoms with Crippen molar-refractivity contribution in [1.29, 1.82) is 0 Å². The highest BCUT2D eigenvalue weighted by molar-refractivity contribution is 7.08. The lowest BCUT2D eigenvalue weighted by atomic mass is 9.90. The molecule has 92 valence electrons. The van der Waals surface area contributed by atoms with E-state index in [-0.39, 0.29) is 11.9 Å². The van der Waals surface area contributed by atoms with Gasteiger partial charge in [-0.1, -0.05) is 0 Å². The number of carbonyl (C=O) groups excluding carboxylic acids is 1. The van der Waals surface area contributed by atoms with Gasteiger partial charge >= 0.3 is 5.97 Å². The second-order valence-electron chi connectivity index (χ2n) is 4.34. The van der Waals surface area contributed by atoms with Crippen molar-refractivity contribution < 1.29 is 14.7 Å². The average Bonchev–Trinajstić information content (AvgIpc) is 2.81. The third kappa shape index (κ3) is 2.34. The number of rotatable bonds is 2. The zero-order valence-electron chi connectivity index (χ0n) is 9.63. The SMILES string of the molecule is C[C@@H]1[C@H](C(=O)O)CCCN1C(=O)c1ccsc1. The number of carboxylic acids is 1. The van der Waals surface area contributed by atoms with E-state index < -0.39 is 11.9 Å². The Balaban J connectivity index is 2.15. The van der Waals surface area contributed by atoms with Gasteiger partial charge in [0.25, 0.3) is 5.91 Å². The van der Waals surface area contributed by atoms with Crippen LogP contribution in [-0.4, -0.2) is 34.5 Å². The fourth-order valence-electron chi connectivity index (χ4n) is 2.31. The summed E-state index contributed by atoms with van der Waals surface area (Å²) in [5.41, 5.74) is 0.660. The quantitative estimate of drug-likeness (QED) is 0.877. The van der Waals surface area contributed by atoms with Crippen molar-refractivity contribution in [3.8, 4) is 0 Å². The van der Waals surface area contributed by atoms with Crippen LogP contribution >= 0.6 is 11.3 Å². The van der Waals surface area contributed by atoms with E-state index in [9.17, 15) is 9.59 Å². The Kier molecular flexibility index (Phi) is 3.47. The molecule has 17 heavy (non-hydrogen) atoms. The van der Waals surface area contributed by atoms with Gasteiger partial charge in [-0.05, 0) is 31.2 Å². The summed E-state index contributed by atoms with van der Waals surface area (Å²) in [6.45, 7) is 2.47. The van der Waals surface area contributed by atoms with Gasteiger partial charge in [0.1, 0.15) is 0 Å². The Labute approximate surface area is 104 Å². The molecule has 1 aromatic heterocycles. The van der Waals surface area contributed by atoms with Gasteiger partial charge in [-0.15, -0.1) is 0 Å². The molecule has 2 rings (SSSR count). The number of aliphatic carboxylic acids is 1. The number of hydrogen-bond donors (Lipinski definition) is 1. The highest BCUT2D eigenvalue weighted by Crippen LogP contribution is 2.25. The van der Waals surface area contributed by atoms with Crippen molar-refractivity contribution >= 4 is 23.2 Å². The first-order chi connectivity index (χ1) is 8.11. The van der Waals surface area contributed by atoms with Crippen molar-refractivity contribution in [2.24, 2.45) is 5.92 Å². The zero-order chi connectivity index (χ0) is 12.4. The predicted octanol–water partition coefficient (Wildman–Crippen LogP) is 2.07. The van der Waals surface area contributed by atoms with Crippen LogP contribution in [0.25, 0.3) is 0 Å². The van der Waals surface area contributed by atoms with Crippen molar-refractivity contribution in [3.05, 3.63) is 22.4 Å². The lowest BCUT2D eigenvalue weighted by Gasteiger charge is -2.37. The van der Waals surface area contributed by atoms with Crippen LogP contribution in [0.3, 0.4) is 0 Å². The molecule has 4 nitrogen and oxygen atoms in total. The van der Waals surface area contributed by atoms with Crippen LogP contribution in [0, 0.1) is 5.92 Å². The molecule has 0 aliphatic carbocycles. The molecule has 0 unspecified atom stereocenters. The number of hydrogen-bond acceptors (Lipinski definition) is 3. The van der Waals surface area contributed by atoms with Crippen molar-refractivity contribution in [2.45, 2.75) is 25.8 Å². The summed E-state index contributed by atoms with van der Waals surface area (Å²) < 4.78 is 0. The van der Waals surface area contributed by atoms with E-state index in [1.165, 1.54) is 11.3 Å². The Morgan fingerprint density at radius 1 is 1.53 bits per heavy atom. The first-order valence-electron chi connectivity index (χ1n) is 5.67. The van der Waals surface area contributed by atoms with Crippen LogP contribution in [0.4, 0.5) is 0 Å². The Bertz CT molecular complexity index is 415. The molecule has 1 aliphatic rings. The molecular weight excluding hydrogens is 238 g/mol. The maximum absolute atomic E-state index is 12.2. The number of thiophene rings is 1. The fourth-order valence-corrected chi connectivity index (χ4v) is 2.94. The van der Waals surface area contributed by atoms with E-state index in [0.29, 0.717) is 18.5 Å². The first kappa shape index (κ1) is 12.1. The van der Waals surface area contributed by atoms with Gasteiger partial charge < -0.3 is 10.0 Å². The molecule has 1 saturated heterocycles. The van der Waals surface area contributed by atoms with Gasteiger partial charge in [-0.3, -0.25) is 9.59 Å². The number of nitrogens with zero attached hydrogens (tertiary/aromatic N) is 1. The molecule has 0 saturated carbocycles. The largest absolute Gasteiger partial charge is 0.481 e. The highest BCUT2D eigenvalue weighted by atomic mass is 32.1. The Hall–Kier alpha value is -1.36. The van der Waals surface area contributed by atoms with Gasteiger partial charge in [0, 0.05) is 18.0 Å². The second kappa shape index (κ2) is 4.87. The molecule has 0 aromatic carbocycles. The fraction of sp³-hybridized carbons (Fsp3) is 0.500. The summed E-state index contributed by atoms with van der Waals surface area (Å²) in [6, 6.07) is 1.55. The maximum atomic E-state index is 12.2. The predicted molar refractivity (Wildman–Crippen MR) is 65.2 cm³/mol. The van der Waals surface area contributed by atoms with E-state index in [1.807, 2.05) is 12.3 Å². The molecule has 1 fully saturated rings. The standard InChI is InChI=1S/C12H15NO3S/c1-8-10(12(15)16)3-2-5-13(8)11(14)9-4-6-17-7-9/h4,6-8,10H,2-3,5H2,1H3,(H,15,16)/t8-,10-/m1/s1. The van der Waals surface area contributed by atoms with E-state index in [0.717, 1.165) is 6.42 Å². The Morgan fingerprint density at radius 3 is 2.88 bits per heavy atom. The molecule has 0 radical (unpaired) electrons. The molecule has 2 heterocycles. The minimum atomic E-state index is -0.805. The number of amides is 1. The van der Waals surface area contributed by atoms with Crippen LogP contribution in [-0.2, 0) is 4.79 Å². The molecule has 0 spiro atoms. The van der Waals surface area contributed by atoms with Crippen molar-refractivity contribution in [2.75, 3.05) is 6.54 Å². The minimum absolute atomic E-state index is 0.0512. The number of carbonyl (C=O) groups is 2. The highest BCUT2D eigenvalue weighted by Gasteiger charge is 2.35. The smallest absolute Gasteiger partial charge is 0.308 e. The zero-order valence-corrected chi connectivity index (χ0v) is 10.4. The third-order valence-electron chi connectivity index (χ3n) is 3.33. The molecule has 2 atom stereocenters. The van der Waals surface area contributed by atoms with Crippen LogP contribution < -0.4 is 0 Å². The van der Waals surface area contributed by atoms with Gasteiger partial charge in [-0.25, -0.2) is 0 Å². The molecule has 1 aliphatic heterocycles. The monoisotopic (exact) mass is 253 g/mol. The number of carboxylic acid groups (broad SMARTS) is 1. The summed E-state index contributed by atoms with van der Waals surface area (Å²) in [4.78, 5) is 24.9. The van der Waals surface area contributed by atoms with Crippen LogP contribution in [0.15, 0.2) is 16.8 Å². The summed E-state index contributed by atoms with van der Waals surface area (Å²) in [5.74, 6) is -1.30. The molecule has 0 bridgehead atoms. The third-order valence-corrected chi connectivity index (χ3v) is 4.02. The molecule has 1 aromatic rings. The first-order valence-corrected chi connectivity index (χ1v) is 6.61. The summed E-state index contributed by atoms with van der Waals surface area (Å²) in [7, 11) is 0. The summed E-state index contributed by atoms with van der Waals surface area (Å²) in [6.07, 6.45) is 1.42. The summed E-state index contributed by atoms with van der Waals surface area (Å²) >= 11 is 1.48. The number of likely N-dealkylation sites (tertiary alicyclic amines) is 1. The van der Waals surface area contributed by atoms with E-state index >= 15 is 0 Å². The van der Waals surface area contributed by atoms with Crippen LogP contribution in [0.1, 0.15) is 30.1 Å². The normalized spacial score (nSPS) is 24.6. The van der Waals surface area contributed by atoms with Gasteiger partial charge in [-0.2, -0.15) is 11.3 Å². The van der Waals surface area contributed by atoms with Crippen LogP contribution in [0.5, 0.6) is 0 Å². The Morgan fingerprint density at radius 2 is 2.29 bits per heavy atom. The van der Waals surface area contributed by atoms with Crippen molar-refractivity contribution in [3.63, 3.8) is 0 Å². The lowest BCUT2D eigenvalue weighted by Crippen LogP contribution is -2.49.